The van der Waals surface area contributed by atoms with Crippen molar-refractivity contribution in [3.05, 3.63) is 48.5 Å². The number of para-hydroxylation sites is 1. The van der Waals surface area contributed by atoms with Crippen LogP contribution in [-0.4, -0.2) is 10.2 Å². The highest BCUT2D eigenvalue weighted by atomic mass is 17.1. The molecule has 0 aliphatic rings. The number of aromatic nitrogens is 1. The SMILES string of the molecule is OOc1cccc2nc3ccccc3cc12. The van der Waals surface area contributed by atoms with Gasteiger partial charge in [-0.15, -0.1) is 0 Å². The van der Waals surface area contributed by atoms with E-state index < -0.39 is 0 Å². The van der Waals surface area contributed by atoms with E-state index in [-0.39, 0.29) is 0 Å². The summed E-state index contributed by atoms with van der Waals surface area (Å²) in [5.74, 6) is 0.427. The fourth-order valence-corrected chi connectivity index (χ4v) is 1.85. The molecule has 1 N–H and O–H groups in total. The summed E-state index contributed by atoms with van der Waals surface area (Å²) in [6.45, 7) is 0. The molecule has 2 aromatic carbocycles. The first-order valence-electron chi connectivity index (χ1n) is 4.98. The van der Waals surface area contributed by atoms with Crippen LogP contribution < -0.4 is 4.89 Å². The predicted molar refractivity (Wildman–Crippen MR) is 62.5 cm³/mol. The van der Waals surface area contributed by atoms with Gasteiger partial charge in [-0.2, -0.15) is 0 Å². The molecule has 1 heterocycles. The van der Waals surface area contributed by atoms with E-state index in [1.807, 2.05) is 36.4 Å². The minimum Gasteiger partial charge on any atom is -0.340 e. The van der Waals surface area contributed by atoms with Gasteiger partial charge >= 0.3 is 0 Å². The van der Waals surface area contributed by atoms with Crippen LogP contribution in [0.3, 0.4) is 0 Å². The number of hydrogen-bond acceptors (Lipinski definition) is 3. The summed E-state index contributed by atoms with van der Waals surface area (Å²) in [5, 5.41) is 10.6. The summed E-state index contributed by atoms with van der Waals surface area (Å²) in [5.41, 5.74) is 1.75. The molecule has 0 atom stereocenters. The Morgan fingerprint density at radius 2 is 1.75 bits per heavy atom. The third-order valence-corrected chi connectivity index (χ3v) is 2.62. The van der Waals surface area contributed by atoms with E-state index >= 15 is 0 Å². The third-order valence-electron chi connectivity index (χ3n) is 2.62. The summed E-state index contributed by atoms with van der Waals surface area (Å²) in [6, 6.07) is 15.2. The van der Waals surface area contributed by atoms with Gasteiger partial charge in [-0.05, 0) is 24.3 Å². The maximum Gasteiger partial charge on any atom is 0.174 e. The summed E-state index contributed by atoms with van der Waals surface area (Å²) in [6.07, 6.45) is 0. The second-order valence-electron chi connectivity index (χ2n) is 3.60. The summed E-state index contributed by atoms with van der Waals surface area (Å²) in [4.78, 5) is 8.83. The molecule has 0 aliphatic carbocycles. The van der Waals surface area contributed by atoms with E-state index in [4.69, 9.17) is 5.26 Å². The molecule has 0 amide bonds. The summed E-state index contributed by atoms with van der Waals surface area (Å²) in [7, 11) is 0. The second kappa shape index (κ2) is 3.47. The number of rotatable bonds is 1. The van der Waals surface area contributed by atoms with Gasteiger partial charge in [0.1, 0.15) is 0 Å². The maximum atomic E-state index is 8.78. The number of nitrogens with zero attached hydrogens (tertiary/aromatic N) is 1. The highest BCUT2D eigenvalue weighted by molar-refractivity contribution is 5.95. The zero-order valence-corrected chi connectivity index (χ0v) is 8.42. The van der Waals surface area contributed by atoms with Crippen LogP contribution in [0, 0.1) is 0 Å². The topological polar surface area (TPSA) is 42.4 Å². The Kier molecular flexibility index (Phi) is 1.98. The Hall–Kier alpha value is -2.13. The lowest BCUT2D eigenvalue weighted by Gasteiger charge is -2.04. The molecule has 0 spiro atoms. The largest absolute Gasteiger partial charge is 0.340 e. The molecule has 0 unspecified atom stereocenters. The van der Waals surface area contributed by atoms with Crippen LogP contribution in [0.4, 0.5) is 0 Å². The number of pyridine rings is 1. The molecule has 0 radical (unpaired) electrons. The third kappa shape index (κ3) is 1.30. The molecule has 3 aromatic rings. The minimum absolute atomic E-state index is 0.427. The van der Waals surface area contributed by atoms with E-state index in [0.717, 1.165) is 21.8 Å². The zero-order chi connectivity index (χ0) is 11.0. The van der Waals surface area contributed by atoms with Crippen molar-refractivity contribution in [3.8, 4) is 5.75 Å². The van der Waals surface area contributed by atoms with Crippen molar-refractivity contribution in [2.75, 3.05) is 0 Å². The standard InChI is InChI=1S/C13H9NO2/c15-16-13-7-3-6-12-10(13)8-9-4-1-2-5-11(9)14-12/h1-8,15H. The molecular formula is C13H9NO2. The van der Waals surface area contributed by atoms with Gasteiger partial charge in [0.25, 0.3) is 0 Å². The molecule has 3 heteroatoms. The van der Waals surface area contributed by atoms with Gasteiger partial charge in [-0.3, -0.25) is 0 Å². The first-order valence-corrected chi connectivity index (χ1v) is 4.98. The molecule has 0 fully saturated rings. The van der Waals surface area contributed by atoms with Crippen molar-refractivity contribution < 1.29 is 10.1 Å². The Morgan fingerprint density at radius 3 is 2.62 bits per heavy atom. The van der Waals surface area contributed by atoms with Gasteiger partial charge in [-0.1, -0.05) is 24.3 Å². The molecule has 78 valence electrons. The minimum atomic E-state index is 0.427. The highest BCUT2D eigenvalue weighted by Crippen LogP contribution is 2.27. The quantitative estimate of drug-likeness (QED) is 0.381. The van der Waals surface area contributed by atoms with Crippen LogP contribution in [0.5, 0.6) is 5.75 Å². The van der Waals surface area contributed by atoms with Gasteiger partial charge in [0.15, 0.2) is 5.75 Å². The number of benzene rings is 2. The average Bonchev–Trinajstić information content (AvgIpc) is 2.35. The number of hydrogen-bond donors (Lipinski definition) is 1. The Labute approximate surface area is 91.9 Å². The lowest BCUT2D eigenvalue weighted by atomic mass is 10.1. The Balaban J connectivity index is 2.46. The molecule has 16 heavy (non-hydrogen) atoms. The molecule has 0 bridgehead atoms. The molecule has 3 nitrogen and oxygen atoms in total. The summed E-state index contributed by atoms with van der Waals surface area (Å²) < 4.78 is 0. The van der Waals surface area contributed by atoms with Gasteiger partial charge in [-0.25, -0.2) is 10.2 Å². The zero-order valence-electron chi connectivity index (χ0n) is 8.42. The van der Waals surface area contributed by atoms with Gasteiger partial charge in [0.2, 0.25) is 0 Å². The van der Waals surface area contributed by atoms with E-state index in [1.54, 1.807) is 12.1 Å². The number of fused-ring (bicyclic) bond motifs is 2. The lowest BCUT2D eigenvalue weighted by molar-refractivity contribution is -0.136. The predicted octanol–water partition coefficient (Wildman–Crippen LogP) is 3.24. The fourth-order valence-electron chi connectivity index (χ4n) is 1.85. The van der Waals surface area contributed by atoms with Crippen LogP contribution in [0.1, 0.15) is 0 Å². The smallest absolute Gasteiger partial charge is 0.174 e. The Bertz CT molecular complexity index is 664. The van der Waals surface area contributed by atoms with E-state index in [0.29, 0.717) is 5.75 Å². The lowest BCUT2D eigenvalue weighted by Crippen LogP contribution is -1.88. The second-order valence-corrected chi connectivity index (χ2v) is 3.60. The van der Waals surface area contributed by atoms with Crippen molar-refractivity contribution in [3.63, 3.8) is 0 Å². The van der Waals surface area contributed by atoms with Gasteiger partial charge < -0.3 is 4.89 Å². The molecule has 0 saturated carbocycles. The molecule has 3 rings (SSSR count). The van der Waals surface area contributed by atoms with Crippen molar-refractivity contribution in [1.29, 1.82) is 0 Å². The van der Waals surface area contributed by atoms with E-state index in [1.165, 1.54) is 0 Å². The van der Waals surface area contributed by atoms with Crippen molar-refractivity contribution in [2.24, 2.45) is 0 Å². The first-order chi connectivity index (χ1) is 7.88. The normalized spacial score (nSPS) is 10.8. The van der Waals surface area contributed by atoms with Gasteiger partial charge in [0, 0.05) is 10.8 Å². The van der Waals surface area contributed by atoms with Crippen LogP contribution in [0.15, 0.2) is 48.5 Å². The first kappa shape index (κ1) is 9.12. The van der Waals surface area contributed by atoms with Crippen LogP contribution in [-0.2, 0) is 0 Å². The molecule has 1 aromatic heterocycles. The van der Waals surface area contributed by atoms with E-state index in [2.05, 4.69) is 9.87 Å². The fraction of sp³-hybridized carbons (Fsp3) is 0. The molecule has 0 saturated heterocycles. The van der Waals surface area contributed by atoms with Gasteiger partial charge in [0.05, 0.1) is 11.0 Å². The van der Waals surface area contributed by atoms with Crippen molar-refractivity contribution in [2.45, 2.75) is 0 Å². The van der Waals surface area contributed by atoms with Crippen LogP contribution in [0.2, 0.25) is 0 Å². The highest BCUT2D eigenvalue weighted by Gasteiger charge is 2.04. The van der Waals surface area contributed by atoms with Crippen LogP contribution >= 0.6 is 0 Å². The van der Waals surface area contributed by atoms with Crippen molar-refractivity contribution >= 4 is 21.8 Å². The molecule has 0 aliphatic heterocycles. The molecular weight excluding hydrogens is 202 g/mol. The average molecular weight is 211 g/mol. The van der Waals surface area contributed by atoms with E-state index in [9.17, 15) is 0 Å². The summed E-state index contributed by atoms with van der Waals surface area (Å²) >= 11 is 0. The maximum absolute atomic E-state index is 8.78. The van der Waals surface area contributed by atoms with Crippen molar-refractivity contribution in [1.82, 2.24) is 4.98 Å². The van der Waals surface area contributed by atoms with Crippen LogP contribution in [0.25, 0.3) is 21.8 Å². The Morgan fingerprint density at radius 1 is 0.938 bits per heavy atom. The monoisotopic (exact) mass is 211 g/mol.